The van der Waals surface area contributed by atoms with E-state index in [1.807, 2.05) is 0 Å². The Morgan fingerprint density at radius 1 is 1.23 bits per heavy atom. The fourth-order valence-corrected chi connectivity index (χ4v) is 1.54. The molecule has 0 heterocycles. The summed E-state index contributed by atoms with van der Waals surface area (Å²) < 4.78 is 0.942. The van der Waals surface area contributed by atoms with Crippen LogP contribution in [0.15, 0.2) is 0 Å². The van der Waals surface area contributed by atoms with E-state index in [4.69, 9.17) is 12.2 Å². The Labute approximate surface area is 102 Å². The van der Waals surface area contributed by atoms with Crippen LogP contribution in [0.25, 0.3) is 0 Å². The van der Waals surface area contributed by atoms with Gasteiger partial charge in [-0.3, -0.25) is 0 Å². The maximum Gasteiger partial charge on any atom is 0.133 e. The van der Waals surface area contributed by atoms with E-state index in [9.17, 15) is 0 Å². The molecular formula is C9H19NNiS2. The molecular weight excluding hydrogens is 245 g/mol. The van der Waals surface area contributed by atoms with Gasteiger partial charge in [-0.25, -0.2) is 0 Å². The molecule has 0 unspecified atom stereocenters. The smallest absolute Gasteiger partial charge is 0.133 e. The Morgan fingerprint density at radius 2 is 1.77 bits per heavy atom. The van der Waals surface area contributed by atoms with E-state index in [2.05, 4.69) is 33.0 Å². The van der Waals surface area contributed by atoms with E-state index in [0.717, 1.165) is 16.6 Å². The van der Waals surface area contributed by atoms with Crippen molar-refractivity contribution in [1.82, 2.24) is 5.32 Å². The van der Waals surface area contributed by atoms with Crippen LogP contribution in [-0.2, 0) is 16.5 Å². The van der Waals surface area contributed by atoms with Crippen LogP contribution in [0.4, 0.5) is 0 Å². The van der Waals surface area contributed by atoms with Crippen LogP contribution in [-0.4, -0.2) is 16.6 Å². The average Bonchev–Trinajstić information content (AvgIpc) is 1.96. The number of thiocarbonyl (C=S) groups is 1. The van der Waals surface area contributed by atoms with Gasteiger partial charge in [0.15, 0.2) is 0 Å². The molecule has 0 aliphatic heterocycles. The predicted octanol–water partition coefficient (Wildman–Crippen LogP) is 2.90. The minimum atomic E-state index is 0. The van der Waals surface area contributed by atoms with Gasteiger partial charge in [0, 0.05) is 28.8 Å². The summed E-state index contributed by atoms with van der Waals surface area (Å²) in [4.78, 5) is 0. The number of rotatable bonds is 4. The molecule has 0 spiro atoms. The monoisotopic (exact) mass is 263 g/mol. The molecule has 1 nitrogen and oxygen atoms in total. The Balaban J connectivity index is 0. The second kappa shape index (κ2) is 9.29. The Morgan fingerprint density at radius 3 is 2.15 bits per heavy atom. The fourth-order valence-electron chi connectivity index (χ4n) is 0.581. The summed E-state index contributed by atoms with van der Waals surface area (Å²) in [6.07, 6.45) is 0. The molecule has 0 radical (unpaired) electrons. The standard InChI is InChI=1S/C9H19NS2.Ni/c1-7(2)5-10-9(11)12-6-8(3)4;/h7-8H,5-6H2,1-4H3,(H,10,11);. The van der Waals surface area contributed by atoms with Gasteiger partial charge in [0.1, 0.15) is 4.32 Å². The van der Waals surface area contributed by atoms with Crippen molar-refractivity contribution in [3.05, 3.63) is 0 Å². The Hall–Kier alpha value is 0.734. The van der Waals surface area contributed by atoms with Crippen LogP contribution in [0.1, 0.15) is 27.7 Å². The number of hydrogen-bond acceptors (Lipinski definition) is 2. The minimum absolute atomic E-state index is 0. The quantitative estimate of drug-likeness (QED) is 0.619. The normalized spacial score (nSPS) is 10.0. The summed E-state index contributed by atoms with van der Waals surface area (Å²) in [6.45, 7) is 9.77. The van der Waals surface area contributed by atoms with Gasteiger partial charge in [0.25, 0.3) is 0 Å². The van der Waals surface area contributed by atoms with Gasteiger partial charge in [-0.1, -0.05) is 51.7 Å². The second-order valence-corrected chi connectivity index (χ2v) is 5.46. The third-order valence-corrected chi connectivity index (χ3v) is 2.94. The third-order valence-electron chi connectivity index (χ3n) is 1.20. The van der Waals surface area contributed by atoms with Crippen LogP contribution >= 0.6 is 24.0 Å². The van der Waals surface area contributed by atoms with E-state index in [0.29, 0.717) is 11.8 Å². The SMILES string of the molecule is CC(C)CNC(=S)SCC(C)C.[Ni]. The van der Waals surface area contributed by atoms with Gasteiger partial charge >= 0.3 is 0 Å². The van der Waals surface area contributed by atoms with Crippen molar-refractivity contribution in [2.24, 2.45) is 11.8 Å². The molecule has 82 valence electrons. The van der Waals surface area contributed by atoms with Gasteiger partial charge in [-0.15, -0.1) is 0 Å². The molecule has 0 fully saturated rings. The molecule has 4 heteroatoms. The predicted molar refractivity (Wildman–Crippen MR) is 62.7 cm³/mol. The van der Waals surface area contributed by atoms with Gasteiger partial charge in [-0.2, -0.15) is 0 Å². The molecule has 0 rings (SSSR count). The summed E-state index contributed by atoms with van der Waals surface area (Å²) in [7, 11) is 0. The molecule has 0 aliphatic rings. The van der Waals surface area contributed by atoms with Crippen LogP contribution in [0.3, 0.4) is 0 Å². The van der Waals surface area contributed by atoms with Gasteiger partial charge in [0.2, 0.25) is 0 Å². The first-order chi connectivity index (χ1) is 5.52. The van der Waals surface area contributed by atoms with Gasteiger partial charge in [0.05, 0.1) is 0 Å². The molecule has 0 aliphatic carbocycles. The summed E-state index contributed by atoms with van der Waals surface area (Å²) in [6, 6.07) is 0. The van der Waals surface area contributed by atoms with E-state index in [-0.39, 0.29) is 16.5 Å². The zero-order valence-corrected chi connectivity index (χ0v) is 11.3. The molecule has 0 aromatic carbocycles. The summed E-state index contributed by atoms with van der Waals surface area (Å²) in [5.74, 6) is 2.50. The van der Waals surface area contributed by atoms with Crippen LogP contribution in [0.2, 0.25) is 0 Å². The van der Waals surface area contributed by atoms with Gasteiger partial charge < -0.3 is 5.32 Å². The second-order valence-electron chi connectivity index (χ2n) is 3.77. The zero-order chi connectivity index (χ0) is 9.56. The maximum atomic E-state index is 5.14. The first-order valence-corrected chi connectivity index (χ1v) is 5.82. The largest absolute Gasteiger partial charge is 0.371 e. The van der Waals surface area contributed by atoms with E-state index < -0.39 is 0 Å². The van der Waals surface area contributed by atoms with Crippen molar-refractivity contribution in [2.45, 2.75) is 27.7 Å². The number of nitrogens with one attached hydrogen (secondary N) is 1. The molecule has 0 amide bonds. The van der Waals surface area contributed by atoms with Gasteiger partial charge in [-0.05, 0) is 11.8 Å². The molecule has 13 heavy (non-hydrogen) atoms. The summed E-state index contributed by atoms with van der Waals surface area (Å²) in [5, 5.41) is 3.23. The molecule has 0 aromatic rings. The molecule has 0 saturated carbocycles. The first-order valence-electron chi connectivity index (χ1n) is 4.43. The first kappa shape index (κ1) is 16.2. The molecule has 0 atom stereocenters. The van der Waals surface area contributed by atoms with Crippen LogP contribution < -0.4 is 5.32 Å². The summed E-state index contributed by atoms with van der Waals surface area (Å²) in [5.41, 5.74) is 0. The van der Waals surface area contributed by atoms with Crippen molar-refractivity contribution in [1.29, 1.82) is 0 Å². The van der Waals surface area contributed by atoms with Crippen LogP contribution in [0, 0.1) is 11.8 Å². The number of thioether (sulfide) groups is 1. The minimum Gasteiger partial charge on any atom is -0.371 e. The molecule has 0 saturated heterocycles. The third kappa shape index (κ3) is 12.7. The fraction of sp³-hybridized carbons (Fsp3) is 0.889. The van der Waals surface area contributed by atoms with Crippen molar-refractivity contribution >= 4 is 28.3 Å². The van der Waals surface area contributed by atoms with E-state index in [1.165, 1.54) is 0 Å². The van der Waals surface area contributed by atoms with Crippen molar-refractivity contribution in [3.8, 4) is 0 Å². The Kier molecular flexibility index (Phi) is 11.6. The topological polar surface area (TPSA) is 12.0 Å². The number of hydrogen-bond donors (Lipinski definition) is 1. The van der Waals surface area contributed by atoms with Crippen molar-refractivity contribution in [2.75, 3.05) is 12.3 Å². The molecule has 1 N–H and O–H groups in total. The maximum absolute atomic E-state index is 5.14. The van der Waals surface area contributed by atoms with E-state index in [1.54, 1.807) is 11.8 Å². The van der Waals surface area contributed by atoms with Crippen molar-refractivity contribution in [3.63, 3.8) is 0 Å². The van der Waals surface area contributed by atoms with Crippen molar-refractivity contribution < 1.29 is 16.5 Å². The zero-order valence-electron chi connectivity index (χ0n) is 8.70. The molecule has 0 aromatic heterocycles. The summed E-state index contributed by atoms with van der Waals surface area (Å²) >= 11 is 6.89. The molecule has 0 bridgehead atoms. The van der Waals surface area contributed by atoms with Crippen LogP contribution in [0.5, 0.6) is 0 Å². The average molecular weight is 264 g/mol. The van der Waals surface area contributed by atoms with E-state index >= 15 is 0 Å². The Bertz CT molecular complexity index is 124.